The maximum atomic E-state index is 5.77. The first-order chi connectivity index (χ1) is 13.8. The molecule has 4 rings (SSSR count). The molecule has 0 amide bonds. The molecule has 1 aromatic carbocycles. The Hall–Kier alpha value is -3.03. The number of rotatable bonds is 6. The first kappa shape index (κ1) is 18.3. The van der Waals surface area contributed by atoms with Crippen LogP contribution in [0.5, 0.6) is 5.75 Å². The van der Waals surface area contributed by atoms with Crippen molar-refractivity contribution in [3.8, 4) is 5.75 Å². The van der Waals surface area contributed by atoms with Crippen LogP contribution in [0.15, 0.2) is 53.3 Å². The first-order valence-corrected chi connectivity index (χ1v) is 9.32. The normalized spacial score (nSPS) is 17.8. The highest BCUT2D eigenvalue weighted by atomic mass is 16.5. The molecule has 0 saturated carbocycles. The van der Waals surface area contributed by atoms with E-state index in [2.05, 4.69) is 32.4 Å². The number of nitrogens with one attached hydrogen (secondary N) is 1. The van der Waals surface area contributed by atoms with E-state index >= 15 is 0 Å². The largest absolute Gasteiger partial charge is 0.489 e. The SMILES string of the molecule is CN1CCNCC1c1noc(/C=C/c2ccc(OCc3cccnc3)cc2)n1. The Balaban J connectivity index is 1.34. The molecule has 1 unspecified atom stereocenters. The number of nitrogens with zero attached hydrogens (tertiary/aromatic N) is 4. The number of hydrogen-bond acceptors (Lipinski definition) is 7. The van der Waals surface area contributed by atoms with Gasteiger partial charge in [0.25, 0.3) is 5.89 Å². The Bertz CT molecular complexity index is 908. The van der Waals surface area contributed by atoms with E-state index < -0.39 is 0 Å². The number of piperazine rings is 1. The fourth-order valence-electron chi connectivity index (χ4n) is 3.04. The topological polar surface area (TPSA) is 76.3 Å². The van der Waals surface area contributed by atoms with Gasteiger partial charge in [-0.15, -0.1) is 0 Å². The second kappa shape index (κ2) is 8.77. The van der Waals surface area contributed by atoms with Crippen molar-refractivity contribution in [3.63, 3.8) is 0 Å². The van der Waals surface area contributed by atoms with Gasteiger partial charge in [0.15, 0.2) is 5.82 Å². The van der Waals surface area contributed by atoms with Crippen molar-refractivity contribution < 1.29 is 9.26 Å². The zero-order valence-electron chi connectivity index (χ0n) is 15.8. The van der Waals surface area contributed by atoms with Crippen molar-refractivity contribution in [1.82, 2.24) is 25.3 Å². The minimum Gasteiger partial charge on any atom is -0.489 e. The molecule has 144 valence electrons. The van der Waals surface area contributed by atoms with Crippen molar-refractivity contribution in [3.05, 3.63) is 71.6 Å². The maximum Gasteiger partial charge on any atom is 0.250 e. The van der Waals surface area contributed by atoms with Crippen LogP contribution >= 0.6 is 0 Å². The minimum atomic E-state index is 0.149. The van der Waals surface area contributed by atoms with E-state index in [0.717, 1.165) is 36.5 Å². The fraction of sp³-hybridized carbons (Fsp3) is 0.286. The molecule has 1 N–H and O–H groups in total. The van der Waals surface area contributed by atoms with Crippen LogP contribution in [-0.2, 0) is 6.61 Å². The summed E-state index contributed by atoms with van der Waals surface area (Å²) >= 11 is 0. The molecule has 0 bridgehead atoms. The molecule has 28 heavy (non-hydrogen) atoms. The van der Waals surface area contributed by atoms with Gasteiger partial charge in [-0.1, -0.05) is 23.4 Å². The Morgan fingerprint density at radius 3 is 2.93 bits per heavy atom. The molecule has 1 aliphatic heterocycles. The molecule has 7 nitrogen and oxygen atoms in total. The number of ether oxygens (including phenoxy) is 1. The van der Waals surface area contributed by atoms with Gasteiger partial charge in [0.05, 0.1) is 6.04 Å². The molecule has 1 atom stereocenters. The Morgan fingerprint density at radius 1 is 1.25 bits per heavy atom. The molecule has 1 fully saturated rings. The van der Waals surface area contributed by atoms with E-state index in [1.807, 2.05) is 48.6 Å². The number of benzene rings is 1. The van der Waals surface area contributed by atoms with Crippen LogP contribution in [0.25, 0.3) is 12.2 Å². The molecule has 0 radical (unpaired) electrons. The van der Waals surface area contributed by atoms with Crippen LogP contribution in [0, 0.1) is 0 Å². The van der Waals surface area contributed by atoms with Gasteiger partial charge in [-0.2, -0.15) is 4.98 Å². The molecule has 1 aliphatic rings. The predicted molar refractivity (Wildman–Crippen MR) is 106 cm³/mol. The summed E-state index contributed by atoms with van der Waals surface area (Å²) < 4.78 is 11.1. The van der Waals surface area contributed by atoms with Gasteiger partial charge in [-0.25, -0.2) is 0 Å². The zero-order valence-corrected chi connectivity index (χ0v) is 15.8. The lowest BCUT2D eigenvalue weighted by Gasteiger charge is -2.30. The Kier molecular flexibility index (Phi) is 5.75. The minimum absolute atomic E-state index is 0.149. The second-order valence-electron chi connectivity index (χ2n) is 6.74. The summed E-state index contributed by atoms with van der Waals surface area (Å²) in [5.74, 6) is 2.04. The van der Waals surface area contributed by atoms with Crippen molar-refractivity contribution in [1.29, 1.82) is 0 Å². The van der Waals surface area contributed by atoms with E-state index in [1.54, 1.807) is 12.4 Å². The second-order valence-corrected chi connectivity index (χ2v) is 6.74. The summed E-state index contributed by atoms with van der Waals surface area (Å²) in [7, 11) is 2.08. The molecule has 0 spiro atoms. The van der Waals surface area contributed by atoms with Crippen LogP contribution in [0.4, 0.5) is 0 Å². The van der Waals surface area contributed by atoms with Gasteiger partial charge < -0.3 is 14.6 Å². The summed E-state index contributed by atoms with van der Waals surface area (Å²) in [4.78, 5) is 10.8. The number of hydrogen-bond donors (Lipinski definition) is 1. The highest BCUT2D eigenvalue weighted by Gasteiger charge is 2.24. The lowest BCUT2D eigenvalue weighted by Crippen LogP contribution is -2.44. The number of likely N-dealkylation sites (N-methyl/N-ethyl adjacent to an activating group) is 1. The van der Waals surface area contributed by atoms with Gasteiger partial charge in [-0.05, 0) is 36.9 Å². The van der Waals surface area contributed by atoms with Crippen LogP contribution in [0.1, 0.15) is 28.9 Å². The van der Waals surface area contributed by atoms with E-state index in [4.69, 9.17) is 9.26 Å². The lowest BCUT2D eigenvalue weighted by molar-refractivity contribution is 0.190. The molecule has 3 aromatic rings. The summed E-state index contributed by atoms with van der Waals surface area (Å²) in [6.07, 6.45) is 7.33. The third-order valence-electron chi connectivity index (χ3n) is 4.69. The predicted octanol–water partition coefficient (Wildman–Crippen LogP) is 2.79. The van der Waals surface area contributed by atoms with E-state index in [9.17, 15) is 0 Å². The van der Waals surface area contributed by atoms with Gasteiger partial charge in [0, 0.05) is 43.7 Å². The average molecular weight is 377 g/mol. The van der Waals surface area contributed by atoms with Gasteiger partial charge >= 0.3 is 0 Å². The monoisotopic (exact) mass is 377 g/mol. The van der Waals surface area contributed by atoms with Crippen LogP contribution in [-0.4, -0.2) is 46.7 Å². The van der Waals surface area contributed by atoms with Gasteiger partial charge in [0.1, 0.15) is 12.4 Å². The van der Waals surface area contributed by atoms with Gasteiger partial charge in [0.2, 0.25) is 0 Å². The summed E-state index contributed by atoms with van der Waals surface area (Å²) in [6, 6.07) is 11.9. The van der Waals surface area contributed by atoms with E-state index in [0.29, 0.717) is 18.3 Å². The molecular formula is C21H23N5O2. The third-order valence-corrected chi connectivity index (χ3v) is 4.69. The number of pyridine rings is 1. The zero-order chi connectivity index (χ0) is 19.2. The quantitative estimate of drug-likeness (QED) is 0.708. The van der Waals surface area contributed by atoms with Crippen molar-refractivity contribution in [2.24, 2.45) is 0 Å². The summed E-state index contributed by atoms with van der Waals surface area (Å²) in [6.45, 7) is 3.29. The maximum absolute atomic E-state index is 5.77. The van der Waals surface area contributed by atoms with Crippen molar-refractivity contribution in [2.45, 2.75) is 12.6 Å². The Morgan fingerprint density at radius 2 is 2.14 bits per heavy atom. The van der Waals surface area contributed by atoms with Crippen LogP contribution in [0.2, 0.25) is 0 Å². The van der Waals surface area contributed by atoms with Crippen LogP contribution < -0.4 is 10.1 Å². The standard InChI is InChI=1S/C21H23N5O2/c1-26-12-11-23-14-19(26)21-24-20(28-25-21)9-6-16-4-7-18(8-5-16)27-15-17-3-2-10-22-13-17/h2-10,13,19,23H,11-12,14-15H2,1H3/b9-6+. The first-order valence-electron chi connectivity index (χ1n) is 9.32. The average Bonchev–Trinajstić information content (AvgIpc) is 3.21. The Labute approximate surface area is 164 Å². The fourth-order valence-corrected chi connectivity index (χ4v) is 3.04. The molecule has 2 aromatic heterocycles. The molecule has 3 heterocycles. The molecular weight excluding hydrogens is 354 g/mol. The van der Waals surface area contributed by atoms with E-state index in [-0.39, 0.29) is 6.04 Å². The van der Waals surface area contributed by atoms with Gasteiger partial charge in [-0.3, -0.25) is 9.88 Å². The smallest absolute Gasteiger partial charge is 0.250 e. The van der Waals surface area contributed by atoms with Crippen molar-refractivity contribution in [2.75, 3.05) is 26.7 Å². The molecule has 0 aliphatic carbocycles. The van der Waals surface area contributed by atoms with Crippen LogP contribution in [0.3, 0.4) is 0 Å². The molecule has 1 saturated heterocycles. The highest BCUT2D eigenvalue weighted by Crippen LogP contribution is 2.19. The van der Waals surface area contributed by atoms with Crippen molar-refractivity contribution >= 4 is 12.2 Å². The lowest BCUT2D eigenvalue weighted by atomic mass is 10.2. The third kappa shape index (κ3) is 4.62. The molecule has 7 heteroatoms. The number of aromatic nitrogens is 3. The summed E-state index contributed by atoms with van der Waals surface area (Å²) in [5, 5.41) is 7.49. The highest BCUT2D eigenvalue weighted by molar-refractivity contribution is 5.66. The summed E-state index contributed by atoms with van der Waals surface area (Å²) in [5.41, 5.74) is 2.07. The van der Waals surface area contributed by atoms with E-state index in [1.165, 1.54) is 0 Å².